The van der Waals surface area contributed by atoms with E-state index < -0.39 is 0 Å². The zero-order valence-corrected chi connectivity index (χ0v) is 17.1. The Morgan fingerprint density at radius 3 is 2.48 bits per heavy atom. The van der Waals surface area contributed by atoms with Crippen LogP contribution in [-0.4, -0.2) is 34.6 Å². The zero-order valence-electron chi connectivity index (χ0n) is 16.3. The lowest BCUT2D eigenvalue weighted by Gasteiger charge is -2.30. The van der Waals surface area contributed by atoms with Gasteiger partial charge in [-0.05, 0) is 30.9 Å². The van der Waals surface area contributed by atoms with Gasteiger partial charge in [0.15, 0.2) is 0 Å². The largest absolute Gasteiger partial charge is 0.463 e. The molecule has 0 aromatic heterocycles. The van der Waals surface area contributed by atoms with E-state index in [1.165, 1.54) is 17.5 Å². The molecule has 0 aromatic rings. The molecule has 0 N–H and O–H groups in total. The summed E-state index contributed by atoms with van der Waals surface area (Å²) in [7, 11) is 1.88. The van der Waals surface area contributed by atoms with Gasteiger partial charge in [-0.25, -0.2) is 4.31 Å². The van der Waals surface area contributed by atoms with Crippen LogP contribution in [0.4, 0.5) is 4.79 Å². The minimum atomic E-state index is -0.101. The highest BCUT2D eigenvalue weighted by molar-refractivity contribution is 8.11. The van der Waals surface area contributed by atoms with Crippen molar-refractivity contribution in [2.45, 2.75) is 59.8 Å². The highest BCUT2D eigenvalue weighted by Crippen LogP contribution is 2.48. The van der Waals surface area contributed by atoms with Gasteiger partial charge in [-0.3, -0.25) is 4.79 Å². The summed E-state index contributed by atoms with van der Waals surface area (Å²) in [6.45, 7) is 10.6. The van der Waals surface area contributed by atoms with Crippen LogP contribution in [0.5, 0.6) is 0 Å². The summed E-state index contributed by atoms with van der Waals surface area (Å²) in [5.41, 5.74) is 2.07. The topological polar surface area (TPSA) is 32.8 Å². The van der Waals surface area contributed by atoms with Gasteiger partial charge >= 0.3 is 5.24 Å². The van der Waals surface area contributed by atoms with Crippen molar-refractivity contribution in [2.75, 3.05) is 20.1 Å². The molecule has 4 nitrogen and oxygen atoms in total. The number of carbonyl (C=O) groups is 1. The van der Waals surface area contributed by atoms with Crippen molar-refractivity contribution < 1.29 is 9.53 Å². The molecule has 1 aliphatic heterocycles. The fraction of sp³-hybridized carbons (Fsp3) is 0.650. The highest BCUT2D eigenvalue weighted by Gasteiger charge is 2.41. The molecule has 0 radical (unpaired) electrons. The molecule has 0 saturated heterocycles. The molecule has 5 heteroatoms. The molecule has 0 fully saturated rings. The van der Waals surface area contributed by atoms with E-state index >= 15 is 0 Å². The molecule has 0 bridgehead atoms. The SMILES string of the molecule is CCCCN(CCCC)SC(=O)N(C)C1=C2OC=CC=C2CC1(C)C. The molecular weight excluding hydrogens is 332 g/mol. The minimum Gasteiger partial charge on any atom is -0.463 e. The molecule has 1 aliphatic carbocycles. The van der Waals surface area contributed by atoms with E-state index in [9.17, 15) is 4.79 Å². The Morgan fingerprint density at radius 2 is 1.88 bits per heavy atom. The Hall–Kier alpha value is -1.20. The van der Waals surface area contributed by atoms with Crippen molar-refractivity contribution in [2.24, 2.45) is 5.41 Å². The first-order valence-electron chi connectivity index (χ1n) is 9.38. The molecule has 1 amide bonds. The van der Waals surface area contributed by atoms with Crippen LogP contribution in [0.1, 0.15) is 59.8 Å². The van der Waals surface area contributed by atoms with Crippen LogP contribution in [0.2, 0.25) is 0 Å². The van der Waals surface area contributed by atoms with Crippen molar-refractivity contribution in [1.82, 2.24) is 9.21 Å². The van der Waals surface area contributed by atoms with Gasteiger partial charge in [0.25, 0.3) is 0 Å². The molecule has 140 valence electrons. The average molecular weight is 365 g/mol. The predicted molar refractivity (Wildman–Crippen MR) is 106 cm³/mol. The van der Waals surface area contributed by atoms with Gasteiger partial charge in [-0.15, -0.1) is 0 Å². The van der Waals surface area contributed by atoms with Gasteiger partial charge in [0.05, 0.1) is 12.0 Å². The second-order valence-electron chi connectivity index (χ2n) is 7.43. The highest BCUT2D eigenvalue weighted by atomic mass is 32.2. The average Bonchev–Trinajstić information content (AvgIpc) is 2.85. The minimum absolute atomic E-state index is 0.0715. The Labute approximate surface area is 157 Å². The van der Waals surface area contributed by atoms with E-state index in [-0.39, 0.29) is 10.7 Å². The first-order valence-corrected chi connectivity index (χ1v) is 10.2. The third-order valence-electron chi connectivity index (χ3n) is 4.68. The van der Waals surface area contributed by atoms with Crippen molar-refractivity contribution in [1.29, 1.82) is 0 Å². The van der Waals surface area contributed by atoms with Crippen LogP contribution < -0.4 is 0 Å². The smallest absolute Gasteiger partial charge is 0.300 e. The van der Waals surface area contributed by atoms with E-state index in [1.807, 2.05) is 13.1 Å². The van der Waals surface area contributed by atoms with Gasteiger partial charge in [0.2, 0.25) is 0 Å². The van der Waals surface area contributed by atoms with Crippen molar-refractivity contribution in [3.05, 3.63) is 35.4 Å². The number of nitrogens with zero attached hydrogens (tertiary/aromatic N) is 2. The lowest BCUT2D eigenvalue weighted by Crippen LogP contribution is -2.33. The first kappa shape index (κ1) is 20.1. The number of unbranched alkanes of at least 4 members (excludes halogenated alkanes) is 2. The molecule has 1 heterocycles. The lowest BCUT2D eigenvalue weighted by atomic mass is 9.88. The first-order chi connectivity index (χ1) is 11.9. The summed E-state index contributed by atoms with van der Waals surface area (Å²) < 4.78 is 7.99. The van der Waals surface area contributed by atoms with Crippen LogP contribution in [0, 0.1) is 5.41 Å². The summed E-state index contributed by atoms with van der Waals surface area (Å²) in [6.07, 6.45) is 11.1. The maximum Gasteiger partial charge on any atom is 0.300 e. The quantitative estimate of drug-likeness (QED) is 0.517. The van der Waals surface area contributed by atoms with Gasteiger partial charge in [-0.1, -0.05) is 46.6 Å². The molecule has 0 spiro atoms. The number of rotatable bonds is 8. The number of carbonyl (C=O) groups excluding carboxylic acids is 1. The number of amides is 1. The van der Waals surface area contributed by atoms with Crippen molar-refractivity contribution >= 4 is 17.2 Å². The molecule has 0 unspecified atom stereocenters. The third-order valence-corrected chi connectivity index (χ3v) is 5.73. The Bertz CT molecular complexity index is 570. The summed E-state index contributed by atoms with van der Waals surface area (Å²) in [4.78, 5) is 14.7. The predicted octanol–water partition coefficient (Wildman–Crippen LogP) is 5.70. The van der Waals surface area contributed by atoms with Crippen LogP contribution in [0.3, 0.4) is 0 Å². The second-order valence-corrected chi connectivity index (χ2v) is 8.48. The molecule has 2 aliphatic rings. The van der Waals surface area contributed by atoms with E-state index in [0.717, 1.165) is 56.6 Å². The number of fused-ring (bicyclic) bond motifs is 1. The normalized spacial score (nSPS) is 18.2. The summed E-state index contributed by atoms with van der Waals surface area (Å²) in [6, 6.07) is 0. The van der Waals surface area contributed by atoms with Crippen LogP contribution in [0.15, 0.2) is 35.4 Å². The van der Waals surface area contributed by atoms with Gasteiger partial charge in [-0.2, -0.15) is 0 Å². The summed E-state index contributed by atoms with van der Waals surface area (Å²) >= 11 is 1.35. The molecule has 0 atom stereocenters. The zero-order chi connectivity index (χ0) is 18.4. The van der Waals surface area contributed by atoms with E-state index in [4.69, 9.17) is 4.74 Å². The van der Waals surface area contributed by atoms with Gasteiger partial charge in [0, 0.05) is 37.5 Å². The number of allylic oxidation sites excluding steroid dienone is 4. The second kappa shape index (κ2) is 8.95. The van der Waals surface area contributed by atoms with Crippen LogP contribution in [-0.2, 0) is 4.74 Å². The monoisotopic (exact) mass is 364 g/mol. The maximum atomic E-state index is 12.9. The standard InChI is InChI=1S/C20H32N2O2S/c1-6-8-12-22(13-9-7-2)25-19(23)21(5)18-17-16(11-10-14-24-17)15-20(18,3)4/h10-11,14H,6-9,12-13,15H2,1-5H3. The third kappa shape index (κ3) is 4.91. The molecule has 25 heavy (non-hydrogen) atoms. The number of hydrogen-bond acceptors (Lipinski definition) is 4. The Balaban J connectivity index is 2.12. The fourth-order valence-electron chi connectivity index (χ4n) is 3.37. The fourth-order valence-corrected chi connectivity index (χ4v) is 4.25. The summed E-state index contributed by atoms with van der Waals surface area (Å²) in [5, 5.41) is 0.0715. The van der Waals surface area contributed by atoms with Gasteiger partial charge < -0.3 is 9.64 Å². The number of ether oxygens (including phenoxy) is 1. The Morgan fingerprint density at radius 1 is 1.24 bits per heavy atom. The van der Waals surface area contributed by atoms with E-state index in [2.05, 4.69) is 38.1 Å². The summed E-state index contributed by atoms with van der Waals surface area (Å²) in [5.74, 6) is 0.859. The van der Waals surface area contributed by atoms with Crippen molar-refractivity contribution in [3.63, 3.8) is 0 Å². The number of hydrogen-bond donors (Lipinski definition) is 0. The molecule has 2 rings (SSSR count). The molecular formula is C20H32N2O2S. The maximum absolute atomic E-state index is 12.9. The van der Waals surface area contributed by atoms with Crippen LogP contribution >= 0.6 is 11.9 Å². The van der Waals surface area contributed by atoms with E-state index in [0.29, 0.717) is 0 Å². The lowest BCUT2D eigenvalue weighted by molar-refractivity contribution is 0.228. The van der Waals surface area contributed by atoms with Crippen LogP contribution in [0.25, 0.3) is 0 Å². The molecule has 0 saturated carbocycles. The Kier molecular flexibility index (Phi) is 7.20. The molecule has 0 aromatic carbocycles. The van der Waals surface area contributed by atoms with Gasteiger partial charge in [0.1, 0.15) is 5.76 Å². The van der Waals surface area contributed by atoms with Crippen molar-refractivity contribution in [3.8, 4) is 0 Å². The van der Waals surface area contributed by atoms with E-state index in [1.54, 1.807) is 11.2 Å².